The molecule has 318 valence electrons. The van der Waals surface area contributed by atoms with E-state index in [1.165, 1.54) is 0 Å². The smallest absolute Gasteiger partial charge is 0.137 e. The number of furan rings is 4. The zero-order valence-electron chi connectivity index (χ0n) is 36.3. The van der Waals surface area contributed by atoms with Crippen LogP contribution < -0.4 is 9.80 Å². The monoisotopic (exact) mass is 872 g/mol. The molecule has 0 N–H and O–H groups in total. The summed E-state index contributed by atoms with van der Waals surface area (Å²) >= 11 is 0. The maximum atomic E-state index is 6.74. The van der Waals surface area contributed by atoms with Gasteiger partial charge in [-0.1, -0.05) is 97.1 Å². The first-order chi connectivity index (χ1) is 33.7. The second kappa shape index (κ2) is 14.1. The summed E-state index contributed by atoms with van der Waals surface area (Å²) in [4.78, 5) is 4.64. The summed E-state index contributed by atoms with van der Waals surface area (Å²) < 4.78 is 26.1. The van der Waals surface area contributed by atoms with Crippen LogP contribution in [-0.2, 0) is 0 Å². The summed E-state index contributed by atoms with van der Waals surface area (Å²) in [5.41, 5.74) is 13.1. The fourth-order valence-corrected chi connectivity index (χ4v) is 10.7. The Labute approximate surface area is 387 Å². The van der Waals surface area contributed by atoms with E-state index in [0.717, 1.165) is 143 Å². The molecule has 0 saturated heterocycles. The highest BCUT2D eigenvalue weighted by Crippen LogP contribution is 2.47. The predicted octanol–water partition coefficient (Wildman–Crippen LogP) is 18.5. The van der Waals surface area contributed by atoms with Crippen molar-refractivity contribution in [2.75, 3.05) is 9.80 Å². The second-order valence-electron chi connectivity index (χ2n) is 17.6. The van der Waals surface area contributed by atoms with Crippen molar-refractivity contribution in [3.8, 4) is 0 Å². The molecule has 11 aromatic carbocycles. The normalized spacial score (nSPS) is 12.1. The fourth-order valence-electron chi connectivity index (χ4n) is 10.7. The summed E-state index contributed by atoms with van der Waals surface area (Å²) in [5, 5.41) is 12.9. The number of anilines is 6. The number of benzene rings is 11. The van der Waals surface area contributed by atoms with Crippen LogP contribution >= 0.6 is 0 Å². The standard InChI is InChI=1S/C62H36N2O4/c1-3-13-41(14-4-1)63(51-19-11-23-55-61(51)45-17-7-9-21-53(45)65-55)43-27-25-37-31-47-49-35-60-50(36-59(49)67-57(47)33-39(37)29-43)48-32-38-26-28-44(30-40(38)34-58(48)68-60)64(42-15-5-2-6-16-42)52-20-12-24-56-62(52)46-18-8-10-22-54(46)66-56/h1-36H. The van der Waals surface area contributed by atoms with E-state index >= 15 is 0 Å². The first-order valence-electron chi connectivity index (χ1n) is 22.9. The predicted molar refractivity (Wildman–Crippen MR) is 280 cm³/mol. The van der Waals surface area contributed by atoms with Crippen molar-refractivity contribution in [3.05, 3.63) is 218 Å². The lowest BCUT2D eigenvalue weighted by molar-refractivity contribution is 0.664. The quantitative estimate of drug-likeness (QED) is 0.166. The van der Waals surface area contributed by atoms with Gasteiger partial charge in [0.2, 0.25) is 0 Å². The summed E-state index contributed by atoms with van der Waals surface area (Å²) in [6.45, 7) is 0. The van der Waals surface area contributed by atoms with Gasteiger partial charge in [0.05, 0.1) is 22.1 Å². The van der Waals surface area contributed by atoms with Gasteiger partial charge in [-0.2, -0.15) is 0 Å². The van der Waals surface area contributed by atoms with Crippen LogP contribution in [0.25, 0.3) is 109 Å². The summed E-state index contributed by atoms with van der Waals surface area (Å²) in [6.07, 6.45) is 0. The van der Waals surface area contributed by atoms with Crippen molar-refractivity contribution in [3.63, 3.8) is 0 Å². The zero-order chi connectivity index (χ0) is 44.5. The first kappa shape index (κ1) is 37.0. The van der Waals surface area contributed by atoms with E-state index in [-0.39, 0.29) is 0 Å². The molecule has 4 aromatic heterocycles. The Kier molecular flexibility index (Phi) is 7.69. The molecule has 0 bridgehead atoms. The molecule has 15 aromatic rings. The van der Waals surface area contributed by atoms with E-state index in [9.17, 15) is 0 Å². The third-order valence-corrected chi connectivity index (χ3v) is 13.7. The third kappa shape index (κ3) is 5.52. The Morgan fingerprint density at radius 2 is 0.603 bits per heavy atom. The van der Waals surface area contributed by atoms with E-state index < -0.39 is 0 Å². The Morgan fingerprint density at radius 1 is 0.221 bits per heavy atom. The minimum atomic E-state index is 0.824. The van der Waals surface area contributed by atoms with Crippen molar-refractivity contribution in [2.45, 2.75) is 0 Å². The maximum Gasteiger partial charge on any atom is 0.137 e. The molecule has 0 saturated carbocycles. The van der Waals surface area contributed by atoms with Crippen LogP contribution in [0.1, 0.15) is 0 Å². The van der Waals surface area contributed by atoms with Gasteiger partial charge in [-0.25, -0.2) is 0 Å². The van der Waals surface area contributed by atoms with Gasteiger partial charge in [-0.05, 0) is 143 Å². The van der Waals surface area contributed by atoms with Gasteiger partial charge in [-0.15, -0.1) is 0 Å². The van der Waals surface area contributed by atoms with Gasteiger partial charge >= 0.3 is 0 Å². The van der Waals surface area contributed by atoms with Crippen LogP contribution in [0.3, 0.4) is 0 Å². The molecule has 0 aliphatic heterocycles. The molecule has 0 amide bonds. The third-order valence-electron chi connectivity index (χ3n) is 13.7. The Bertz CT molecular complexity index is 4230. The van der Waals surface area contributed by atoms with Crippen molar-refractivity contribution < 1.29 is 17.7 Å². The van der Waals surface area contributed by atoms with Crippen LogP contribution in [0.4, 0.5) is 34.1 Å². The lowest BCUT2D eigenvalue weighted by atomic mass is 10.0. The van der Waals surface area contributed by atoms with Crippen LogP contribution in [-0.4, -0.2) is 0 Å². The van der Waals surface area contributed by atoms with Crippen LogP contribution in [0.15, 0.2) is 236 Å². The molecule has 0 atom stereocenters. The van der Waals surface area contributed by atoms with E-state index in [4.69, 9.17) is 17.7 Å². The van der Waals surface area contributed by atoms with Gasteiger partial charge < -0.3 is 27.5 Å². The molecule has 6 heteroatoms. The summed E-state index contributed by atoms with van der Waals surface area (Å²) in [5.74, 6) is 0. The van der Waals surface area contributed by atoms with Gasteiger partial charge in [0.15, 0.2) is 0 Å². The molecule has 0 spiro atoms. The molecular formula is C62H36N2O4. The molecule has 15 rings (SSSR count). The largest absolute Gasteiger partial charge is 0.456 e. The molecule has 0 radical (unpaired) electrons. The highest BCUT2D eigenvalue weighted by molar-refractivity contribution is 6.19. The molecule has 0 unspecified atom stereocenters. The molecule has 6 nitrogen and oxygen atoms in total. The highest BCUT2D eigenvalue weighted by atomic mass is 16.3. The van der Waals surface area contributed by atoms with E-state index in [1.54, 1.807) is 0 Å². The Hall–Kier alpha value is -9.26. The molecule has 0 aliphatic rings. The summed E-state index contributed by atoms with van der Waals surface area (Å²) in [6, 6.07) is 76.6. The average molecular weight is 873 g/mol. The fraction of sp³-hybridized carbons (Fsp3) is 0. The summed E-state index contributed by atoms with van der Waals surface area (Å²) in [7, 11) is 0. The van der Waals surface area contributed by atoms with Crippen molar-refractivity contribution in [2.24, 2.45) is 0 Å². The van der Waals surface area contributed by atoms with Gasteiger partial charge in [0.25, 0.3) is 0 Å². The lowest BCUT2D eigenvalue weighted by Gasteiger charge is -2.26. The molecule has 0 fully saturated rings. The Balaban J connectivity index is 0.842. The Morgan fingerprint density at radius 3 is 1.07 bits per heavy atom. The number of hydrogen-bond donors (Lipinski definition) is 0. The van der Waals surface area contributed by atoms with E-state index in [0.29, 0.717) is 0 Å². The second-order valence-corrected chi connectivity index (χ2v) is 17.6. The minimum absolute atomic E-state index is 0.824. The minimum Gasteiger partial charge on any atom is -0.456 e. The van der Waals surface area contributed by atoms with Crippen molar-refractivity contribution in [1.82, 2.24) is 0 Å². The number of hydrogen-bond acceptors (Lipinski definition) is 6. The molecule has 0 aliphatic carbocycles. The van der Waals surface area contributed by atoms with Gasteiger partial charge in [0.1, 0.15) is 44.7 Å². The number of para-hydroxylation sites is 4. The van der Waals surface area contributed by atoms with Crippen molar-refractivity contribution >= 4 is 143 Å². The van der Waals surface area contributed by atoms with Gasteiger partial charge in [-0.3, -0.25) is 0 Å². The molecule has 68 heavy (non-hydrogen) atoms. The number of nitrogens with zero attached hydrogens (tertiary/aromatic N) is 2. The van der Waals surface area contributed by atoms with E-state index in [2.05, 4.69) is 192 Å². The van der Waals surface area contributed by atoms with Crippen molar-refractivity contribution in [1.29, 1.82) is 0 Å². The number of fused-ring (bicyclic) bond motifs is 14. The van der Waals surface area contributed by atoms with Crippen LogP contribution in [0.5, 0.6) is 0 Å². The topological polar surface area (TPSA) is 59.0 Å². The molecule has 4 heterocycles. The highest BCUT2D eigenvalue weighted by Gasteiger charge is 2.23. The lowest BCUT2D eigenvalue weighted by Crippen LogP contribution is -2.10. The van der Waals surface area contributed by atoms with Crippen LogP contribution in [0, 0.1) is 0 Å². The average Bonchev–Trinajstić information content (AvgIpc) is 4.15. The number of rotatable bonds is 6. The van der Waals surface area contributed by atoms with E-state index in [1.807, 2.05) is 36.4 Å². The SMILES string of the molecule is c1ccc(N(c2ccc3cc4c(cc3c2)oc2cc3c(cc24)oc2cc4cc(N(c5ccccc5)c5cccc6oc7ccccc7c56)ccc4cc23)c2cccc3oc4ccccc4c23)cc1. The zero-order valence-corrected chi connectivity index (χ0v) is 36.3. The molecular weight excluding hydrogens is 837 g/mol. The van der Waals surface area contributed by atoms with Crippen LogP contribution in [0.2, 0.25) is 0 Å². The van der Waals surface area contributed by atoms with Gasteiger partial charge in [0, 0.05) is 55.1 Å². The maximum absolute atomic E-state index is 6.74. The first-order valence-corrected chi connectivity index (χ1v) is 22.9.